The molecule has 0 radical (unpaired) electrons. The van der Waals surface area contributed by atoms with Gasteiger partial charge in [-0.3, -0.25) is 0 Å². The summed E-state index contributed by atoms with van der Waals surface area (Å²) in [6, 6.07) is 15.6. The minimum absolute atomic E-state index is 0.352. The highest BCUT2D eigenvalue weighted by atomic mass is 14.3. The molecule has 0 amide bonds. The van der Waals surface area contributed by atoms with Crippen LogP contribution < -0.4 is 0 Å². The summed E-state index contributed by atoms with van der Waals surface area (Å²) in [5.41, 5.74) is 8.76. The molecule has 0 nitrogen and oxygen atoms in total. The molecule has 0 heteroatoms. The van der Waals surface area contributed by atoms with Gasteiger partial charge in [0, 0.05) is 5.92 Å². The summed E-state index contributed by atoms with van der Waals surface area (Å²) in [4.78, 5) is 0. The van der Waals surface area contributed by atoms with Gasteiger partial charge in [-0.05, 0) is 53.5 Å². The van der Waals surface area contributed by atoms with Gasteiger partial charge >= 0.3 is 0 Å². The van der Waals surface area contributed by atoms with Gasteiger partial charge in [0.1, 0.15) is 0 Å². The van der Waals surface area contributed by atoms with E-state index in [0.29, 0.717) is 5.92 Å². The Kier molecular flexibility index (Phi) is 3.75. The molecule has 0 aromatic heterocycles. The van der Waals surface area contributed by atoms with Crippen molar-refractivity contribution in [3.05, 3.63) is 95.6 Å². The second-order valence-corrected chi connectivity index (χ2v) is 6.49. The van der Waals surface area contributed by atoms with Crippen LogP contribution in [0.1, 0.15) is 41.9 Å². The number of benzene rings is 2. The highest BCUT2D eigenvalue weighted by Gasteiger charge is 2.28. The summed E-state index contributed by atoms with van der Waals surface area (Å²) < 4.78 is 0. The van der Waals surface area contributed by atoms with Gasteiger partial charge in [-0.25, -0.2) is 0 Å². The maximum atomic E-state index is 4.11. The molecular formula is C23H22. The van der Waals surface area contributed by atoms with Crippen LogP contribution in [0.4, 0.5) is 0 Å². The molecule has 1 atom stereocenters. The van der Waals surface area contributed by atoms with E-state index < -0.39 is 0 Å². The van der Waals surface area contributed by atoms with Gasteiger partial charge in [0.15, 0.2) is 0 Å². The van der Waals surface area contributed by atoms with Gasteiger partial charge in [0.05, 0.1) is 0 Å². The lowest BCUT2D eigenvalue weighted by Gasteiger charge is -2.14. The van der Waals surface area contributed by atoms with Crippen LogP contribution in [0.2, 0.25) is 0 Å². The zero-order valence-electron chi connectivity index (χ0n) is 13.5. The first-order chi connectivity index (χ1) is 11.4. The normalized spacial score (nSPS) is 17.7. The largest absolute Gasteiger partial charge is 0.102 e. The predicted octanol–water partition coefficient (Wildman–Crippen LogP) is 6.19. The minimum atomic E-state index is 0.352. The van der Waals surface area contributed by atoms with Crippen LogP contribution in [0.3, 0.4) is 0 Å². The molecule has 4 rings (SSSR count). The maximum absolute atomic E-state index is 4.11. The van der Waals surface area contributed by atoms with Crippen molar-refractivity contribution in [1.82, 2.24) is 0 Å². The van der Waals surface area contributed by atoms with Crippen molar-refractivity contribution in [3.63, 3.8) is 0 Å². The number of aryl methyl sites for hydroxylation is 1. The molecule has 0 N–H and O–H groups in total. The van der Waals surface area contributed by atoms with Gasteiger partial charge in [-0.1, -0.05) is 72.3 Å². The molecule has 0 heterocycles. The molecule has 0 spiro atoms. The zero-order chi connectivity index (χ0) is 15.6. The predicted molar refractivity (Wildman–Crippen MR) is 98.7 cm³/mol. The van der Waals surface area contributed by atoms with Crippen LogP contribution >= 0.6 is 0 Å². The van der Waals surface area contributed by atoms with Crippen molar-refractivity contribution in [1.29, 1.82) is 0 Å². The van der Waals surface area contributed by atoms with Gasteiger partial charge < -0.3 is 0 Å². The van der Waals surface area contributed by atoms with E-state index in [1.807, 2.05) is 0 Å². The molecule has 1 unspecified atom stereocenters. The highest BCUT2D eigenvalue weighted by Crippen LogP contribution is 2.46. The Labute approximate surface area is 138 Å². The molecule has 2 aromatic rings. The van der Waals surface area contributed by atoms with Crippen LogP contribution in [-0.2, 0) is 6.42 Å². The van der Waals surface area contributed by atoms with E-state index in [2.05, 4.69) is 73.3 Å². The first-order valence-corrected chi connectivity index (χ1v) is 8.56. The first kappa shape index (κ1) is 14.3. The molecule has 0 aliphatic heterocycles. The smallest absolute Gasteiger partial charge is 0.0282 e. The Morgan fingerprint density at radius 1 is 1.00 bits per heavy atom. The molecular weight excluding hydrogens is 276 g/mol. The third-order valence-corrected chi connectivity index (χ3v) is 5.12. The lowest BCUT2D eigenvalue weighted by atomic mass is 9.90. The molecule has 2 aromatic carbocycles. The third-order valence-electron chi connectivity index (χ3n) is 5.12. The van der Waals surface area contributed by atoms with E-state index in [0.717, 1.165) is 12.8 Å². The molecule has 0 saturated heterocycles. The second kappa shape index (κ2) is 6.04. The molecule has 23 heavy (non-hydrogen) atoms. The van der Waals surface area contributed by atoms with Crippen LogP contribution in [0.25, 0.3) is 11.1 Å². The van der Waals surface area contributed by atoms with E-state index in [1.54, 1.807) is 5.57 Å². The monoisotopic (exact) mass is 298 g/mol. The summed E-state index contributed by atoms with van der Waals surface area (Å²) in [6.07, 6.45) is 13.5. The van der Waals surface area contributed by atoms with Crippen molar-refractivity contribution in [2.75, 3.05) is 0 Å². The second-order valence-electron chi connectivity index (χ2n) is 6.49. The van der Waals surface area contributed by atoms with Crippen molar-refractivity contribution in [2.45, 2.75) is 31.6 Å². The Balaban J connectivity index is 1.62. The fourth-order valence-corrected chi connectivity index (χ4v) is 4.03. The van der Waals surface area contributed by atoms with E-state index in [1.165, 1.54) is 40.7 Å². The zero-order valence-corrected chi connectivity index (χ0v) is 13.5. The Morgan fingerprint density at radius 2 is 1.87 bits per heavy atom. The average Bonchev–Trinajstić information content (AvgIpc) is 3.21. The lowest BCUT2D eigenvalue weighted by molar-refractivity contribution is 0.793. The van der Waals surface area contributed by atoms with E-state index >= 15 is 0 Å². The summed E-state index contributed by atoms with van der Waals surface area (Å²) in [7, 11) is 0. The lowest BCUT2D eigenvalue weighted by Crippen LogP contribution is -1.98. The van der Waals surface area contributed by atoms with Crippen LogP contribution in [0.15, 0.2) is 78.9 Å². The first-order valence-electron chi connectivity index (χ1n) is 8.56. The molecule has 0 fully saturated rings. The third kappa shape index (κ3) is 2.49. The fraction of sp³-hybridized carbons (Fsp3) is 0.217. The van der Waals surface area contributed by atoms with Crippen molar-refractivity contribution < 1.29 is 0 Å². The van der Waals surface area contributed by atoms with E-state index in [4.69, 9.17) is 0 Å². The fourth-order valence-electron chi connectivity index (χ4n) is 4.03. The van der Waals surface area contributed by atoms with E-state index in [-0.39, 0.29) is 0 Å². The Bertz CT molecular complexity index is 805. The minimum Gasteiger partial charge on any atom is -0.102 e. The van der Waals surface area contributed by atoms with Crippen molar-refractivity contribution >= 4 is 0 Å². The SMILES string of the molecule is C=CC1c2ccccc2-c2cccc(CCCC3=CC=CC3)c21. The van der Waals surface area contributed by atoms with E-state index in [9.17, 15) is 0 Å². The molecule has 0 bridgehead atoms. The summed E-state index contributed by atoms with van der Waals surface area (Å²) in [5, 5.41) is 0. The number of hydrogen-bond donors (Lipinski definition) is 0. The highest BCUT2D eigenvalue weighted by molar-refractivity contribution is 5.81. The standard InChI is InChI=1S/C23H22/c1-2-19-20-14-5-6-15-21(20)22-16-8-13-18(23(19)22)12-7-11-17-9-3-4-10-17/h2-6,8-9,13-16,19H,1,7,10-12H2. The van der Waals surface area contributed by atoms with Crippen molar-refractivity contribution in [3.8, 4) is 11.1 Å². The summed E-state index contributed by atoms with van der Waals surface area (Å²) >= 11 is 0. The number of fused-ring (bicyclic) bond motifs is 3. The maximum Gasteiger partial charge on any atom is 0.0282 e. The van der Waals surface area contributed by atoms with Gasteiger partial charge in [0.25, 0.3) is 0 Å². The topological polar surface area (TPSA) is 0 Å². The quantitative estimate of drug-likeness (QED) is 0.577. The Morgan fingerprint density at radius 3 is 2.70 bits per heavy atom. The van der Waals surface area contributed by atoms with Crippen LogP contribution in [0.5, 0.6) is 0 Å². The van der Waals surface area contributed by atoms with Gasteiger partial charge in [-0.2, -0.15) is 0 Å². The van der Waals surface area contributed by atoms with Crippen LogP contribution in [-0.4, -0.2) is 0 Å². The number of rotatable bonds is 5. The van der Waals surface area contributed by atoms with Crippen LogP contribution in [0, 0.1) is 0 Å². The van der Waals surface area contributed by atoms with Gasteiger partial charge in [0.2, 0.25) is 0 Å². The van der Waals surface area contributed by atoms with Gasteiger partial charge in [-0.15, -0.1) is 6.58 Å². The summed E-state index contributed by atoms with van der Waals surface area (Å²) in [5.74, 6) is 0.352. The van der Waals surface area contributed by atoms with Crippen molar-refractivity contribution in [2.24, 2.45) is 0 Å². The molecule has 2 aliphatic carbocycles. The average molecular weight is 298 g/mol. The number of hydrogen-bond acceptors (Lipinski definition) is 0. The Hall–Kier alpha value is -2.34. The molecule has 114 valence electrons. The molecule has 0 saturated carbocycles. The number of allylic oxidation sites excluding steroid dienone is 5. The molecule has 2 aliphatic rings. The summed E-state index contributed by atoms with van der Waals surface area (Å²) in [6.45, 7) is 4.11.